The molecule has 94 valence electrons. The summed E-state index contributed by atoms with van der Waals surface area (Å²) in [4.78, 5) is 2.59. The van der Waals surface area contributed by atoms with E-state index in [0.717, 1.165) is 11.8 Å². The molecule has 0 radical (unpaired) electrons. The third kappa shape index (κ3) is 3.17. The standard InChI is InChI=1S/C12H25N3O/c1-3-9-4-5-15(7-9)8-10-6-11(10)14-12(16)13-2/h9-14,16H,3-8H2,1-2H3. The second-order valence-corrected chi connectivity index (χ2v) is 5.28. The summed E-state index contributed by atoms with van der Waals surface area (Å²) < 4.78 is 0. The van der Waals surface area contributed by atoms with Crippen LogP contribution >= 0.6 is 0 Å². The lowest BCUT2D eigenvalue weighted by Crippen LogP contribution is -2.42. The van der Waals surface area contributed by atoms with Gasteiger partial charge in [-0.1, -0.05) is 13.3 Å². The SMILES string of the molecule is CCC1CCN(CC2CC2NC(O)NC)C1. The van der Waals surface area contributed by atoms with Crippen LogP contribution in [0.3, 0.4) is 0 Å². The Labute approximate surface area is 98.4 Å². The predicted molar refractivity (Wildman–Crippen MR) is 64.9 cm³/mol. The van der Waals surface area contributed by atoms with Gasteiger partial charge >= 0.3 is 0 Å². The molecule has 1 aliphatic carbocycles. The van der Waals surface area contributed by atoms with Gasteiger partial charge in [-0.25, -0.2) is 0 Å². The third-order valence-corrected chi connectivity index (χ3v) is 4.01. The Morgan fingerprint density at radius 1 is 1.50 bits per heavy atom. The van der Waals surface area contributed by atoms with Crippen molar-refractivity contribution in [2.45, 2.75) is 38.6 Å². The van der Waals surface area contributed by atoms with Crippen LogP contribution in [0.4, 0.5) is 0 Å². The lowest BCUT2D eigenvalue weighted by molar-refractivity contribution is 0.106. The molecule has 4 unspecified atom stereocenters. The van der Waals surface area contributed by atoms with Gasteiger partial charge in [0.1, 0.15) is 0 Å². The predicted octanol–water partition coefficient (Wildman–Crippen LogP) is 0.192. The molecule has 3 N–H and O–H groups in total. The number of nitrogens with zero attached hydrogens (tertiary/aromatic N) is 1. The van der Waals surface area contributed by atoms with E-state index in [0.29, 0.717) is 6.04 Å². The molecule has 0 aromatic rings. The summed E-state index contributed by atoms with van der Waals surface area (Å²) in [5.41, 5.74) is 0. The van der Waals surface area contributed by atoms with Crippen molar-refractivity contribution in [1.29, 1.82) is 0 Å². The van der Waals surface area contributed by atoms with Crippen molar-refractivity contribution in [3.05, 3.63) is 0 Å². The Kier molecular flexibility index (Phi) is 4.19. The zero-order valence-corrected chi connectivity index (χ0v) is 10.4. The molecule has 1 heterocycles. The van der Waals surface area contributed by atoms with Crippen molar-refractivity contribution in [2.75, 3.05) is 26.7 Å². The fourth-order valence-electron chi connectivity index (χ4n) is 2.68. The molecule has 4 nitrogen and oxygen atoms in total. The molecule has 4 heteroatoms. The Morgan fingerprint density at radius 3 is 2.94 bits per heavy atom. The number of aliphatic hydroxyl groups excluding tert-OH is 1. The van der Waals surface area contributed by atoms with Crippen LogP contribution in [-0.2, 0) is 0 Å². The minimum absolute atomic E-state index is 0.517. The van der Waals surface area contributed by atoms with Gasteiger partial charge in [-0.15, -0.1) is 0 Å². The maximum atomic E-state index is 9.39. The summed E-state index contributed by atoms with van der Waals surface area (Å²) >= 11 is 0. The van der Waals surface area contributed by atoms with E-state index < -0.39 is 6.35 Å². The molecule has 4 atom stereocenters. The maximum absolute atomic E-state index is 9.39. The number of likely N-dealkylation sites (tertiary alicyclic amines) is 1. The zero-order valence-electron chi connectivity index (χ0n) is 10.4. The third-order valence-electron chi connectivity index (χ3n) is 4.01. The van der Waals surface area contributed by atoms with Crippen molar-refractivity contribution < 1.29 is 5.11 Å². The first kappa shape index (κ1) is 12.3. The van der Waals surface area contributed by atoms with Crippen molar-refractivity contribution >= 4 is 0 Å². The van der Waals surface area contributed by atoms with Crippen LogP contribution in [0.15, 0.2) is 0 Å². The normalized spacial score (nSPS) is 36.6. The smallest absolute Gasteiger partial charge is 0.160 e. The molecule has 2 rings (SSSR count). The van der Waals surface area contributed by atoms with E-state index in [1.165, 1.54) is 38.9 Å². The van der Waals surface area contributed by atoms with Crippen molar-refractivity contribution in [3.8, 4) is 0 Å². The first-order valence-corrected chi connectivity index (χ1v) is 6.56. The molecular weight excluding hydrogens is 202 g/mol. The van der Waals surface area contributed by atoms with Gasteiger partial charge in [0.25, 0.3) is 0 Å². The van der Waals surface area contributed by atoms with Crippen LogP contribution in [0.2, 0.25) is 0 Å². The summed E-state index contributed by atoms with van der Waals surface area (Å²) in [6.45, 7) is 6.06. The van der Waals surface area contributed by atoms with Gasteiger partial charge in [0.2, 0.25) is 0 Å². The number of hydrogen-bond acceptors (Lipinski definition) is 4. The van der Waals surface area contributed by atoms with Gasteiger partial charge in [0, 0.05) is 19.1 Å². The van der Waals surface area contributed by atoms with Gasteiger partial charge in [0.15, 0.2) is 6.35 Å². The molecule has 0 aromatic carbocycles. The van der Waals surface area contributed by atoms with Crippen LogP contribution in [0.5, 0.6) is 0 Å². The van der Waals surface area contributed by atoms with Crippen molar-refractivity contribution in [3.63, 3.8) is 0 Å². The Morgan fingerprint density at radius 2 is 2.31 bits per heavy atom. The summed E-state index contributed by atoms with van der Waals surface area (Å²) in [7, 11) is 1.77. The molecule has 16 heavy (non-hydrogen) atoms. The number of nitrogens with one attached hydrogen (secondary N) is 2. The molecule has 0 aromatic heterocycles. The van der Waals surface area contributed by atoms with Gasteiger partial charge in [0.05, 0.1) is 0 Å². The minimum Gasteiger partial charge on any atom is -0.365 e. The molecule has 1 saturated carbocycles. The van der Waals surface area contributed by atoms with E-state index in [-0.39, 0.29) is 0 Å². The van der Waals surface area contributed by atoms with Crippen LogP contribution in [0, 0.1) is 11.8 Å². The molecule has 2 fully saturated rings. The minimum atomic E-state index is -0.544. The van der Waals surface area contributed by atoms with E-state index in [1.807, 2.05) is 0 Å². The van der Waals surface area contributed by atoms with Crippen molar-refractivity contribution in [2.24, 2.45) is 11.8 Å². The highest BCUT2D eigenvalue weighted by Crippen LogP contribution is 2.33. The van der Waals surface area contributed by atoms with E-state index >= 15 is 0 Å². The van der Waals surface area contributed by atoms with Crippen molar-refractivity contribution in [1.82, 2.24) is 15.5 Å². The highest BCUT2D eigenvalue weighted by molar-refractivity contribution is 4.96. The van der Waals surface area contributed by atoms with Gasteiger partial charge < -0.3 is 10.0 Å². The van der Waals surface area contributed by atoms with E-state index in [9.17, 15) is 5.11 Å². The summed E-state index contributed by atoms with van der Waals surface area (Å²) in [5, 5.41) is 15.4. The number of hydrogen-bond donors (Lipinski definition) is 3. The summed E-state index contributed by atoms with van der Waals surface area (Å²) in [6, 6.07) is 0.517. The second kappa shape index (κ2) is 5.45. The summed E-state index contributed by atoms with van der Waals surface area (Å²) in [6.07, 6.45) is 3.37. The molecule has 0 amide bonds. The lowest BCUT2D eigenvalue weighted by Gasteiger charge is -2.16. The molecule has 0 bridgehead atoms. The van der Waals surface area contributed by atoms with E-state index in [2.05, 4.69) is 22.5 Å². The number of rotatable bonds is 6. The Bertz CT molecular complexity index is 224. The van der Waals surface area contributed by atoms with E-state index in [4.69, 9.17) is 0 Å². The topological polar surface area (TPSA) is 47.5 Å². The largest absolute Gasteiger partial charge is 0.365 e. The Balaban J connectivity index is 1.62. The molecular formula is C12H25N3O. The second-order valence-electron chi connectivity index (χ2n) is 5.28. The van der Waals surface area contributed by atoms with Crippen LogP contribution in [0.1, 0.15) is 26.2 Å². The quantitative estimate of drug-likeness (QED) is 0.567. The van der Waals surface area contributed by atoms with Crippen LogP contribution < -0.4 is 10.6 Å². The first-order valence-electron chi connectivity index (χ1n) is 6.56. The van der Waals surface area contributed by atoms with Crippen LogP contribution in [-0.4, -0.2) is 49.1 Å². The monoisotopic (exact) mass is 227 g/mol. The highest BCUT2D eigenvalue weighted by atomic mass is 16.3. The van der Waals surface area contributed by atoms with Gasteiger partial charge in [-0.05, 0) is 38.3 Å². The van der Waals surface area contributed by atoms with Gasteiger partial charge in [-0.2, -0.15) is 0 Å². The molecule has 0 spiro atoms. The van der Waals surface area contributed by atoms with Crippen LogP contribution in [0.25, 0.3) is 0 Å². The fraction of sp³-hybridized carbons (Fsp3) is 1.00. The molecule has 1 aliphatic heterocycles. The maximum Gasteiger partial charge on any atom is 0.160 e. The zero-order chi connectivity index (χ0) is 11.5. The average molecular weight is 227 g/mol. The molecule has 1 saturated heterocycles. The highest BCUT2D eigenvalue weighted by Gasteiger charge is 2.39. The Hall–Kier alpha value is -0.160. The molecule has 2 aliphatic rings. The first-order chi connectivity index (χ1) is 7.72. The lowest BCUT2D eigenvalue weighted by atomic mass is 10.1. The van der Waals surface area contributed by atoms with E-state index in [1.54, 1.807) is 7.05 Å². The van der Waals surface area contributed by atoms with Gasteiger partial charge in [-0.3, -0.25) is 10.6 Å². The average Bonchev–Trinajstić information content (AvgIpc) is 2.83. The fourth-order valence-corrected chi connectivity index (χ4v) is 2.68. The summed E-state index contributed by atoms with van der Waals surface area (Å²) in [5.74, 6) is 1.67. The number of aliphatic hydroxyl groups is 1.